The van der Waals surface area contributed by atoms with Gasteiger partial charge in [-0.25, -0.2) is 9.78 Å². The van der Waals surface area contributed by atoms with Gasteiger partial charge in [0, 0.05) is 31.7 Å². The Bertz CT molecular complexity index is 1410. The van der Waals surface area contributed by atoms with E-state index in [1.807, 2.05) is 36.4 Å². The number of fused-ring (bicyclic) bond motifs is 1. The third-order valence-electron chi connectivity index (χ3n) is 6.92. The van der Waals surface area contributed by atoms with Crippen molar-refractivity contribution in [2.45, 2.75) is 46.4 Å². The van der Waals surface area contributed by atoms with Gasteiger partial charge in [-0.1, -0.05) is 55.5 Å². The molecule has 0 spiro atoms. The first kappa shape index (κ1) is 26.5. The maximum absolute atomic E-state index is 11.9. The molecule has 0 amide bonds. The predicted octanol–water partition coefficient (Wildman–Crippen LogP) is 6.03. The van der Waals surface area contributed by atoms with Crippen molar-refractivity contribution in [2.75, 3.05) is 20.3 Å². The van der Waals surface area contributed by atoms with Gasteiger partial charge in [-0.3, -0.25) is 4.90 Å². The standard InChI is InChI=1S/C32H35N3O4/c1-4-16-35-28(23(2)33-31(35)26-8-6-5-7-9-26)22-34(20-24-10-13-27(14-11-24)32(36)37-3)21-25-12-15-29-30(19-25)39-18-17-38-29/h5-15,19H,4,16-18,20-22H2,1-3H3. The molecule has 1 aliphatic heterocycles. The molecule has 0 N–H and O–H groups in total. The fraction of sp³-hybridized carbons (Fsp3) is 0.312. The molecule has 0 aliphatic carbocycles. The van der Waals surface area contributed by atoms with E-state index in [4.69, 9.17) is 19.2 Å². The van der Waals surface area contributed by atoms with Crippen LogP contribution in [0.4, 0.5) is 0 Å². The van der Waals surface area contributed by atoms with Crippen LogP contribution in [0.1, 0.15) is 46.2 Å². The van der Waals surface area contributed by atoms with Gasteiger partial charge in [0.25, 0.3) is 0 Å². The molecule has 0 saturated heterocycles. The Kier molecular flexibility index (Phi) is 8.27. The van der Waals surface area contributed by atoms with Crippen molar-refractivity contribution in [2.24, 2.45) is 0 Å². The number of carbonyl (C=O) groups excluding carboxylic acids is 1. The second-order valence-electron chi connectivity index (χ2n) is 9.80. The summed E-state index contributed by atoms with van der Waals surface area (Å²) in [6, 6.07) is 24.2. The number of esters is 1. The van der Waals surface area contributed by atoms with Crippen LogP contribution in [0, 0.1) is 6.92 Å². The summed E-state index contributed by atoms with van der Waals surface area (Å²) in [5.41, 5.74) is 6.17. The van der Waals surface area contributed by atoms with E-state index in [9.17, 15) is 4.79 Å². The van der Waals surface area contributed by atoms with Crippen molar-refractivity contribution in [1.82, 2.24) is 14.5 Å². The minimum absolute atomic E-state index is 0.331. The molecule has 2 heterocycles. The number of aryl methyl sites for hydroxylation is 1. The maximum Gasteiger partial charge on any atom is 0.337 e. The first-order valence-electron chi connectivity index (χ1n) is 13.4. The van der Waals surface area contributed by atoms with E-state index >= 15 is 0 Å². The zero-order valence-corrected chi connectivity index (χ0v) is 22.9. The topological polar surface area (TPSA) is 65.8 Å². The summed E-state index contributed by atoms with van der Waals surface area (Å²) in [5, 5.41) is 0. The summed E-state index contributed by atoms with van der Waals surface area (Å²) in [5.74, 6) is 2.26. The Morgan fingerprint density at radius 2 is 1.62 bits per heavy atom. The zero-order chi connectivity index (χ0) is 27.2. The van der Waals surface area contributed by atoms with E-state index in [0.717, 1.165) is 59.2 Å². The van der Waals surface area contributed by atoms with E-state index in [1.54, 1.807) is 0 Å². The van der Waals surface area contributed by atoms with Crippen LogP contribution >= 0.6 is 0 Å². The number of benzene rings is 3. The molecule has 5 rings (SSSR count). The lowest BCUT2D eigenvalue weighted by Crippen LogP contribution is -2.25. The summed E-state index contributed by atoms with van der Waals surface area (Å²) in [6.45, 7) is 8.46. The van der Waals surface area contributed by atoms with Crippen molar-refractivity contribution in [1.29, 1.82) is 0 Å². The number of ether oxygens (including phenoxy) is 3. The minimum atomic E-state index is -0.331. The van der Waals surface area contributed by atoms with Crippen LogP contribution in [-0.2, 0) is 30.9 Å². The van der Waals surface area contributed by atoms with Crippen LogP contribution in [0.2, 0.25) is 0 Å². The molecular weight excluding hydrogens is 490 g/mol. The van der Waals surface area contributed by atoms with E-state index in [-0.39, 0.29) is 5.97 Å². The molecular formula is C32H35N3O4. The van der Waals surface area contributed by atoms with Gasteiger partial charge in [0.15, 0.2) is 11.5 Å². The summed E-state index contributed by atoms with van der Waals surface area (Å²) < 4.78 is 18.8. The SMILES string of the molecule is CCCn1c(-c2ccccc2)nc(C)c1CN(Cc1ccc(C(=O)OC)cc1)Cc1ccc2c(c1)OCCO2. The fourth-order valence-electron chi connectivity index (χ4n) is 5.02. The Labute approximate surface area is 230 Å². The third-order valence-corrected chi connectivity index (χ3v) is 6.92. The average Bonchev–Trinajstić information content (AvgIpc) is 3.28. The molecule has 0 atom stereocenters. The van der Waals surface area contributed by atoms with Crippen LogP contribution in [0.5, 0.6) is 11.5 Å². The molecule has 0 bridgehead atoms. The Balaban J connectivity index is 1.47. The zero-order valence-electron chi connectivity index (χ0n) is 22.9. The monoisotopic (exact) mass is 525 g/mol. The van der Waals surface area contributed by atoms with Crippen LogP contribution < -0.4 is 9.47 Å². The summed E-state index contributed by atoms with van der Waals surface area (Å²) in [4.78, 5) is 19.4. The molecule has 0 saturated carbocycles. The minimum Gasteiger partial charge on any atom is -0.486 e. The summed E-state index contributed by atoms with van der Waals surface area (Å²) in [6.07, 6.45) is 1.01. The highest BCUT2D eigenvalue weighted by atomic mass is 16.6. The van der Waals surface area contributed by atoms with Gasteiger partial charge in [-0.05, 0) is 48.7 Å². The molecule has 4 aromatic rings. The van der Waals surface area contributed by atoms with Gasteiger partial charge in [0.2, 0.25) is 0 Å². The molecule has 1 aromatic heterocycles. The number of aromatic nitrogens is 2. The van der Waals surface area contributed by atoms with E-state index in [0.29, 0.717) is 31.9 Å². The van der Waals surface area contributed by atoms with E-state index < -0.39 is 0 Å². The van der Waals surface area contributed by atoms with Gasteiger partial charge < -0.3 is 18.8 Å². The van der Waals surface area contributed by atoms with Gasteiger partial charge in [-0.2, -0.15) is 0 Å². The van der Waals surface area contributed by atoms with E-state index in [2.05, 4.69) is 59.7 Å². The van der Waals surface area contributed by atoms with Crippen LogP contribution in [0.25, 0.3) is 11.4 Å². The van der Waals surface area contributed by atoms with Gasteiger partial charge >= 0.3 is 5.97 Å². The molecule has 1 aliphatic rings. The van der Waals surface area contributed by atoms with Gasteiger partial charge in [-0.15, -0.1) is 0 Å². The third kappa shape index (κ3) is 6.15. The number of methoxy groups -OCH3 is 1. The number of nitrogens with zero attached hydrogens (tertiary/aromatic N) is 3. The largest absolute Gasteiger partial charge is 0.486 e. The molecule has 7 heteroatoms. The summed E-state index contributed by atoms with van der Waals surface area (Å²) >= 11 is 0. The molecule has 3 aromatic carbocycles. The highest BCUT2D eigenvalue weighted by molar-refractivity contribution is 5.89. The first-order chi connectivity index (χ1) is 19.1. The quantitative estimate of drug-likeness (QED) is 0.236. The molecule has 0 fully saturated rings. The maximum atomic E-state index is 11.9. The van der Waals surface area contributed by atoms with Crippen molar-refractivity contribution in [3.63, 3.8) is 0 Å². The number of rotatable bonds is 10. The van der Waals surface area contributed by atoms with Crippen molar-refractivity contribution in [3.05, 3.63) is 101 Å². The van der Waals surface area contributed by atoms with Crippen molar-refractivity contribution >= 4 is 5.97 Å². The lowest BCUT2D eigenvalue weighted by molar-refractivity contribution is 0.0600. The van der Waals surface area contributed by atoms with Crippen LogP contribution in [0.3, 0.4) is 0 Å². The highest BCUT2D eigenvalue weighted by Crippen LogP contribution is 2.32. The smallest absolute Gasteiger partial charge is 0.337 e. The Morgan fingerprint density at radius 3 is 2.33 bits per heavy atom. The van der Waals surface area contributed by atoms with Crippen LogP contribution in [0.15, 0.2) is 72.8 Å². The number of carbonyl (C=O) groups is 1. The number of hydrogen-bond donors (Lipinski definition) is 0. The Morgan fingerprint density at radius 1 is 0.923 bits per heavy atom. The second-order valence-corrected chi connectivity index (χ2v) is 9.80. The molecule has 0 unspecified atom stereocenters. The Hall–Kier alpha value is -4.10. The average molecular weight is 526 g/mol. The molecule has 7 nitrogen and oxygen atoms in total. The molecule has 39 heavy (non-hydrogen) atoms. The van der Waals surface area contributed by atoms with Crippen LogP contribution in [-0.4, -0.2) is 40.7 Å². The van der Waals surface area contributed by atoms with Crippen molar-refractivity contribution < 1.29 is 19.0 Å². The highest BCUT2D eigenvalue weighted by Gasteiger charge is 2.20. The molecule has 0 radical (unpaired) electrons. The van der Waals surface area contributed by atoms with Gasteiger partial charge in [0.05, 0.1) is 24.1 Å². The normalized spacial score (nSPS) is 12.5. The first-order valence-corrected chi connectivity index (χ1v) is 13.4. The lowest BCUT2D eigenvalue weighted by atomic mass is 10.1. The van der Waals surface area contributed by atoms with Gasteiger partial charge in [0.1, 0.15) is 19.0 Å². The second kappa shape index (κ2) is 12.2. The molecule has 202 valence electrons. The van der Waals surface area contributed by atoms with Crippen molar-refractivity contribution in [3.8, 4) is 22.9 Å². The van der Waals surface area contributed by atoms with E-state index in [1.165, 1.54) is 12.8 Å². The number of imidazole rings is 1. The fourth-order valence-corrected chi connectivity index (χ4v) is 5.02. The summed E-state index contributed by atoms with van der Waals surface area (Å²) in [7, 11) is 1.40. The number of hydrogen-bond acceptors (Lipinski definition) is 6. The lowest BCUT2D eigenvalue weighted by Gasteiger charge is -2.25. The predicted molar refractivity (Wildman–Crippen MR) is 151 cm³/mol.